The molecule has 2 N–H and O–H groups in total. The summed E-state index contributed by atoms with van der Waals surface area (Å²) in [5, 5.41) is 12.1. The lowest BCUT2D eigenvalue weighted by Crippen LogP contribution is -2.22. The molecule has 0 atom stereocenters. The molecule has 0 aromatic heterocycles. The average Bonchev–Trinajstić information content (AvgIpc) is 2.45. The fourth-order valence-electron chi connectivity index (χ4n) is 1.47. The highest BCUT2D eigenvalue weighted by Crippen LogP contribution is 2.18. The van der Waals surface area contributed by atoms with Crippen LogP contribution in [0.3, 0.4) is 0 Å². The number of aliphatic hydroxyl groups is 1. The minimum absolute atomic E-state index is 0.147. The van der Waals surface area contributed by atoms with Gasteiger partial charge in [-0.1, -0.05) is 32.9 Å². The molecule has 0 aliphatic heterocycles. The lowest BCUT2D eigenvalue weighted by atomic mass is 9.90. The largest absolute Gasteiger partial charge is 0.503 e. The van der Waals surface area contributed by atoms with Gasteiger partial charge in [-0.3, -0.25) is 9.59 Å². The van der Waals surface area contributed by atoms with Crippen molar-refractivity contribution in [3.8, 4) is 0 Å². The number of anilines is 1. The molecule has 118 valence electrons. The van der Waals surface area contributed by atoms with E-state index in [-0.39, 0.29) is 17.0 Å². The van der Waals surface area contributed by atoms with Crippen LogP contribution in [0.4, 0.5) is 5.69 Å². The number of methoxy groups -OCH3 is 1. The topological polar surface area (TPSA) is 92.7 Å². The van der Waals surface area contributed by atoms with Gasteiger partial charge in [-0.25, -0.2) is 4.79 Å². The molecule has 0 bridgehead atoms. The Morgan fingerprint density at radius 1 is 1.18 bits per heavy atom. The summed E-state index contributed by atoms with van der Waals surface area (Å²) in [5.41, 5.74) is -0.381. The Bertz CT molecular complexity index is 626. The van der Waals surface area contributed by atoms with Crippen molar-refractivity contribution < 1.29 is 24.2 Å². The van der Waals surface area contributed by atoms with Crippen LogP contribution >= 0.6 is 0 Å². The molecule has 0 spiro atoms. The number of aliphatic hydroxyl groups excluding tert-OH is 1. The quantitative estimate of drug-likeness (QED) is 0.506. The summed E-state index contributed by atoms with van der Waals surface area (Å²) < 4.78 is 4.61. The first-order chi connectivity index (χ1) is 10.2. The first kappa shape index (κ1) is 17.4. The van der Waals surface area contributed by atoms with E-state index in [4.69, 9.17) is 0 Å². The van der Waals surface area contributed by atoms with Crippen LogP contribution in [0.2, 0.25) is 0 Å². The van der Waals surface area contributed by atoms with Crippen molar-refractivity contribution in [2.45, 2.75) is 20.8 Å². The van der Waals surface area contributed by atoms with Crippen molar-refractivity contribution in [3.63, 3.8) is 0 Å². The Balaban J connectivity index is 2.97. The second-order valence-electron chi connectivity index (χ2n) is 5.64. The van der Waals surface area contributed by atoms with Gasteiger partial charge in [-0.15, -0.1) is 0 Å². The zero-order valence-corrected chi connectivity index (χ0v) is 13.0. The van der Waals surface area contributed by atoms with Crippen LogP contribution in [-0.2, 0) is 14.3 Å². The van der Waals surface area contributed by atoms with E-state index in [9.17, 15) is 19.5 Å². The van der Waals surface area contributed by atoms with E-state index >= 15 is 0 Å². The average molecular weight is 305 g/mol. The number of carbonyl (C=O) groups excluding carboxylic acids is 3. The van der Waals surface area contributed by atoms with Gasteiger partial charge in [-0.05, 0) is 12.1 Å². The fraction of sp³-hybridized carbons (Fsp3) is 0.312. The van der Waals surface area contributed by atoms with E-state index in [1.807, 2.05) is 0 Å². The molecule has 6 nitrogen and oxygen atoms in total. The Kier molecular flexibility index (Phi) is 5.45. The normalized spacial score (nSPS) is 11.7. The summed E-state index contributed by atoms with van der Waals surface area (Å²) in [7, 11) is 1.22. The number of nitrogens with one attached hydrogen (secondary N) is 1. The number of amides is 1. The Hall–Kier alpha value is -2.63. The number of hydrogen-bond acceptors (Lipinski definition) is 5. The minimum atomic E-state index is -0.881. The third-order valence-corrected chi connectivity index (χ3v) is 2.82. The molecule has 1 aromatic rings. The number of para-hydroxylation sites is 1. The highest BCUT2D eigenvalue weighted by molar-refractivity contribution is 6.09. The molecule has 22 heavy (non-hydrogen) atoms. The smallest absolute Gasteiger partial charge is 0.339 e. The molecular weight excluding hydrogens is 286 g/mol. The summed E-state index contributed by atoms with van der Waals surface area (Å²) >= 11 is 0. The van der Waals surface area contributed by atoms with Gasteiger partial charge in [0, 0.05) is 11.5 Å². The highest BCUT2D eigenvalue weighted by Gasteiger charge is 2.22. The number of ether oxygens (including phenoxy) is 1. The molecule has 1 aromatic carbocycles. The van der Waals surface area contributed by atoms with Crippen LogP contribution < -0.4 is 5.32 Å². The van der Waals surface area contributed by atoms with E-state index < -0.39 is 23.1 Å². The first-order valence-electron chi connectivity index (χ1n) is 6.60. The van der Waals surface area contributed by atoms with Crippen molar-refractivity contribution >= 4 is 23.3 Å². The van der Waals surface area contributed by atoms with E-state index in [1.54, 1.807) is 32.9 Å². The maximum atomic E-state index is 11.9. The van der Waals surface area contributed by atoms with Gasteiger partial charge in [0.2, 0.25) is 0 Å². The van der Waals surface area contributed by atoms with Crippen molar-refractivity contribution in [1.29, 1.82) is 0 Å². The molecule has 0 saturated heterocycles. The molecule has 0 aliphatic rings. The monoisotopic (exact) mass is 305 g/mol. The highest BCUT2D eigenvalue weighted by atomic mass is 16.5. The van der Waals surface area contributed by atoms with Crippen LogP contribution in [0.5, 0.6) is 0 Å². The van der Waals surface area contributed by atoms with Gasteiger partial charge >= 0.3 is 5.97 Å². The SMILES string of the molecule is COC(=O)c1ccccc1NC(=O)C(O)=CC(=O)C(C)(C)C. The third kappa shape index (κ3) is 4.44. The molecule has 0 aliphatic carbocycles. The molecule has 6 heteroatoms. The zero-order valence-electron chi connectivity index (χ0n) is 13.0. The lowest BCUT2D eigenvalue weighted by molar-refractivity contribution is -0.122. The first-order valence-corrected chi connectivity index (χ1v) is 6.60. The third-order valence-electron chi connectivity index (χ3n) is 2.82. The predicted molar refractivity (Wildman–Crippen MR) is 81.6 cm³/mol. The summed E-state index contributed by atoms with van der Waals surface area (Å²) in [6.45, 7) is 5.01. The maximum Gasteiger partial charge on any atom is 0.339 e. The molecule has 0 fully saturated rings. The summed E-state index contributed by atoms with van der Waals surface area (Å²) in [5.74, 6) is -2.61. The van der Waals surface area contributed by atoms with Crippen LogP contribution in [0.1, 0.15) is 31.1 Å². The van der Waals surface area contributed by atoms with Gasteiger partial charge in [-0.2, -0.15) is 0 Å². The number of carbonyl (C=O) groups is 3. The number of allylic oxidation sites excluding steroid dienone is 1. The molecule has 0 saturated carbocycles. The predicted octanol–water partition coefficient (Wildman–Crippen LogP) is 2.47. The molecule has 1 rings (SSSR count). The van der Waals surface area contributed by atoms with E-state index in [0.29, 0.717) is 0 Å². The summed E-state index contributed by atoms with van der Waals surface area (Å²) in [6, 6.07) is 6.19. The second-order valence-corrected chi connectivity index (χ2v) is 5.64. The lowest BCUT2D eigenvalue weighted by Gasteiger charge is -2.14. The van der Waals surface area contributed by atoms with E-state index in [2.05, 4.69) is 10.1 Å². The van der Waals surface area contributed by atoms with E-state index in [0.717, 1.165) is 6.08 Å². The van der Waals surface area contributed by atoms with Gasteiger partial charge in [0.15, 0.2) is 11.5 Å². The molecule has 0 heterocycles. The Labute approximate surface area is 128 Å². The van der Waals surface area contributed by atoms with Crippen LogP contribution in [-0.4, -0.2) is 29.9 Å². The second kappa shape index (κ2) is 6.89. The van der Waals surface area contributed by atoms with Crippen molar-refractivity contribution in [1.82, 2.24) is 0 Å². The molecule has 0 unspecified atom stereocenters. The van der Waals surface area contributed by atoms with Crippen molar-refractivity contribution in [2.75, 3.05) is 12.4 Å². The number of hydrogen-bond donors (Lipinski definition) is 2. The Morgan fingerprint density at radius 3 is 2.32 bits per heavy atom. The number of esters is 1. The van der Waals surface area contributed by atoms with Crippen LogP contribution in [0.15, 0.2) is 36.1 Å². The van der Waals surface area contributed by atoms with Crippen molar-refractivity contribution in [3.05, 3.63) is 41.7 Å². The van der Waals surface area contributed by atoms with Crippen LogP contribution in [0, 0.1) is 5.41 Å². The summed E-state index contributed by atoms with van der Waals surface area (Å²) in [6.07, 6.45) is 0.871. The van der Waals surface area contributed by atoms with Crippen molar-refractivity contribution in [2.24, 2.45) is 5.41 Å². The van der Waals surface area contributed by atoms with Gasteiger partial charge < -0.3 is 15.2 Å². The molecule has 1 amide bonds. The van der Waals surface area contributed by atoms with Crippen LogP contribution in [0.25, 0.3) is 0 Å². The number of rotatable bonds is 4. The Morgan fingerprint density at radius 2 is 1.77 bits per heavy atom. The van der Waals surface area contributed by atoms with Gasteiger partial charge in [0.1, 0.15) is 0 Å². The number of ketones is 1. The van der Waals surface area contributed by atoms with E-state index in [1.165, 1.54) is 19.2 Å². The summed E-state index contributed by atoms with van der Waals surface area (Å²) in [4.78, 5) is 35.3. The standard InChI is InChI=1S/C16H19NO5/c1-16(2,3)13(19)9-12(18)14(20)17-11-8-6-5-7-10(11)15(21)22-4/h5-9,18H,1-4H3,(H,17,20). The fourth-order valence-corrected chi connectivity index (χ4v) is 1.47. The maximum absolute atomic E-state index is 11.9. The minimum Gasteiger partial charge on any atom is -0.503 e. The molecular formula is C16H19NO5. The zero-order chi connectivity index (χ0) is 16.9. The molecule has 0 radical (unpaired) electrons. The number of benzene rings is 1. The van der Waals surface area contributed by atoms with Gasteiger partial charge in [0.05, 0.1) is 18.4 Å². The van der Waals surface area contributed by atoms with Gasteiger partial charge in [0.25, 0.3) is 5.91 Å².